The third-order valence-corrected chi connectivity index (χ3v) is 5.80. The Bertz CT molecular complexity index is 1310. The lowest BCUT2D eigenvalue weighted by Crippen LogP contribution is -2.22. The summed E-state index contributed by atoms with van der Waals surface area (Å²) in [6.07, 6.45) is 4.67. The largest absolute Gasteiger partial charge is 0.485 e. The van der Waals surface area contributed by atoms with E-state index >= 15 is 0 Å². The van der Waals surface area contributed by atoms with Gasteiger partial charge in [0.25, 0.3) is 0 Å². The number of aromatic nitrogens is 3. The maximum atomic E-state index is 11.2. The first-order valence-corrected chi connectivity index (χ1v) is 12.2. The molecule has 4 aromatic rings. The van der Waals surface area contributed by atoms with Crippen LogP contribution in [-0.4, -0.2) is 59.7 Å². The van der Waals surface area contributed by atoms with E-state index in [2.05, 4.69) is 37.5 Å². The summed E-state index contributed by atoms with van der Waals surface area (Å²) in [7, 11) is 4.06. The first-order chi connectivity index (χ1) is 18.0. The molecule has 0 radical (unpaired) electrons. The standard InChI is InChI=1S/C27H32N6O4/c1-28-11-6-12-33(2)15-20-14-29-26-25(20)27(31-18-30-26)32-21-9-10-22(23(13-21)37-17-24(34)35)36-16-19-7-4-3-5-8-19/h3-5,7-10,13-14,18,28H,6,11-12,15-17H2,1-2H3,(H,34,35)(H2,29,30,31,32)/p+1. The number of hydrogen-bond acceptors (Lipinski definition) is 7. The molecule has 0 saturated carbocycles. The summed E-state index contributed by atoms with van der Waals surface area (Å²) in [5, 5.41) is 16.6. The predicted molar refractivity (Wildman–Crippen MR) is 141 cm³/mol. The zero-order chi connectivity index (χ0) is 26.0. The Hall–Kier alpha value is -4.15. The first kappa shape index (κ1) is 25.9. The summed E-state index contributed by atoms with van der Waals surface area (Å²) < 4.78 is 11.5. The summed E-state index contributed by atoms with van der Waals surface area (Å²) in [6, 6.07) is 15.1. The van der Waals surface area contributed by atoms with Gasteiger partial charge in [0.2, 0.25) is 17.8 Å². The van der Waals surface area contributed by atoms with Crippen LogP contribution >= 0.6 is 0 Å². The van der Waals surface area contributed by atoms with Gasteiger partial charge in [0, 0.05) is 23.9 Å². The van der Waals surface area contributed by atoms with Crippen LogP contribution in [0.15, 0.2) is 61.1 Å². The van der Waals surface area contributed by atoms with Crippen molar-refractivity contribution < 1.29 is 24.4 Å². The second-order valence-corrected chi connectivity index (χ2v) is 8.75. The van der Waals surface area contributed by atoms with Crippen LogP contribution in [0, 0.1) is 0 Å². The number of anilines is 2. The molecule has 2 aromatic carbocycles. The zero-order valence-corrected chi connectivity index (χ0v) is 21.1. The van der Waals surface area contributed by atoms with Gasteiger partial charge in [0.15, 0.2) is 18.1 Å². The van der Waals surface area contributed by atoms with Gasteiger partial charge in [-0.2, -0.15) is 0 Å². The van der Waals surface area contributed by atoms with Crippen molar-refractivity contribution in [2.24, 2.45) is 0 Å². The highest BCUT2D eigenvalue weighted by Gasteiger charge is 2.18. The van der Waals surface area contributed by atoms with Crippen LogP contribution in [0.25, 0.3) is 11.0 Å². The number of rotatable bonds is 14. The Balaban J connectivity index is 1.55. The molecule has 0 bridgehead atoms. The Morgan fingerprint density at radius 2 is 2.00 bits per heavy atom. The van der Waals surface area contributed by atoms with E-state index in [-0.39, 0.29) is 0 Å². The maximum Gasteiger partial charge on any atom is 0.341 e. The van der Waals surface area contributed by atoms with Crippen LogP contribution in [0.5, 0.6) is 11.5 Å². The van der Waals surface area contributed by atoms with E-state index in [0.717, 1.165) is 48.2 Å². The van der Waals surface area contributed by atoms with Crippen LogP contribution in [-0.2, 0) is 17.9 Å². The van der Waals surface area contributed by atoms with Crippen molar-refractivity contribution in [1.29, 1.82) is 0 Å². The third-order valence-electron chi connectivity index (χ3n) is 5.80. The van der Waals surface area contributed by atoms with E-state index in [4.69, 9.17) is 14.6 Å². The van der Waals surface area contributed by atoms with Crippen molar-refractivity contribution >= 4 is 28.5 Å². The molecule has 0 unspecified atom stereocenters. The average molecular weight is 506 g/mol. The number of fused-ring (bicyclic) bond motifs is 1. The normalized spacial score (nSPS) is 11.1. The van der Waals surface area contributed by atoms with Crippen molar-refractivity contribution in [3.8, 4) is 11.5 Å². The van der Waals surface area contributed by atoms with Crippen molar-refractivity contribution in [2.45, 2.75) is 19.6 Å². The summed E-state index contributed by atoms with van der Waals surface area (Å²) in [6.45, 7) is 2.56. The topological polar surface area (TPSA) is 126 Å². The van der Waals surface area contributed by atoms with E-state index in [0.29, 0.717) is 29.6 Å². The minimum absolute atomic E-state index is 0.334. The molecular formula is C27H33N6O4+. The lowest BCUT2D eigenvalue weighted by atomic mass is 10.2. The molecule has 0 aliphatic heterocycles. The molecular weight excluding hydrogens is 472 g/mol. The third kappa shape index (κ3) is 7.18. The van der Waals surface area contributed by atoms with Gasteiger partial charge in [-0.05, 0) is 51.3 Å². The van der Waals surface area contributed by atoms with Crippen molar-refractivity contribution in [3.05, 3.63) is 72.2 Å². The SMILES string of the molecule is CNCCCN(C)Cc1c[nH]c2[nH+]cnc(Nc3ccc(OCc4ccccc4)c(OCC(=O)O)c3)c12. The van der Waals surface area contributed by atoms with E-state index in [1.165, 1.54) is 0 Å². The number of carboxylic acid groups (broad SMARTS) is 1. The Labute approximate surface area is 215 Å². The molecule has 0 fully saturated rings. The summed E-state index contributed by atoms with van der Waals surface area (Å²) in [5.41, 5.74) is 3.67. The molecule has 2 heterocycles. The Kier molecular flexibility index (Phi) is 8.90. The molecule has 2 aromatic heterocycles. The molecule has 0 aliphatic carbocycles. The number of benzene rings is 2. The molecule has 5 N–H and O–H groups in total. The Morgan fingerprint density at radius 3 is 2.78 bits per heavy atom. The van der Waals surface area contributed by atoms with Gasteiger partial charge in [0.1, 0.15) is 12.0 Å². The van der Waals surface area contributed by atoms with Gasteiger partial charge in [-0.25, -0.2) is 9.78 Å². The highest BCUT2D eigenvalue weighted by molar-refractivity contribution is 5.90. The van der Waals surface area contributed by atoms with E-state index in [9.17, 15) is 4.79 Å². The lowest BCUT2D eigenvalue weighted by molar-refractivity contribution is -0.352. The number of hydrogen-bond donors (Lipinski definition) is 4. The summed E-state index contributed by atoms with van der Waals surface area (Å²) in [4.78, 5) is 24.4. The number of aliphatic carboxylic acids is 1. The maximum absolute atomic E-state index is 11.2. The number of ether oxygens (including phenoxy) is 2. The van der Waals surface area contributed by atoms with Crippen molar-refractivity contribution in [1.82, 2.24) is 20.2 Å². The number of nitrogens with zero attached hydrogens (tertiary/aromatic N) is 2. The monoisotopic (exact) mass is 505 g/mol. The first-order valence-electron chi connectivity index (χ1n) is 12.2. The zero-order valence-electron chi connectivity index (χ0n) is 21.1. The lowest BCUT2D eigenvalue weighted by Gasteiger charge is -2.16. The molecule has 194 valence electrons. The molecule has 10 nitrogen and oxygen atoms in total. The number of nitrogens with one attached hydrogen (secondary N) is 4. The van der Waals surface area contributed by atoms with Crippen LogP contribution < -0.4 is 25.1 Å². The minimum Gasteiger partial charge on any atom is -0.485 e. The van der Waals surface area contributed by atoms with Crippen molar-refractivity contribution in [2.75, 3.05) is 39.1 Å². The van der Waals surface area contributed by atoms with Crippen LogP contribution in [0.4, 0.5) is 11.5 Å². The molecule has 4 rings (SSSR count). The van der Waals surface area contributed by atoms with Gasteiger partial charge in [0.05, 0.1) is 6.20 Å². The quantitative estimate of drug-likeness (QED) is 0.193. The van der Waals surface area contributed by atoms with Crippen LogP contribution in [0.1, 0.15) is 17.5 Å². The van der Waals surface area contributed by atoms with Gasteiger partial charge in [-0.1, -0.05) is 35.3 Å². The second-order valence-electron chi connectivity index (χ2n) is 8.75. The molecule has 0 saturated heterocycles. The second kappa shape index (κ2) is 12.7. The van der Waals surface area contributed by atoms with Crippen LogP contribution in [0.2, 0.25) is 0 Å². The van der Waals surface area contributed by atoms with Gasteiger partial charge < -0.3 is 30.1 Å². The highest BCUT2D eigenvalue weighted by atomic mass is 16.5. The van der Waals surface area contributed by atoms with Gasteiger partial charge in [-0.3, -0.25) is 4.98 Å². The summed E-state index contributed by atoms with van der Waals surface area (Å²) in [5.74, 6) is 0.405. The van der Waals surface area contributed by atoms with E-state index in [1.807, 2.05) is 49.6 Å². The predicted octanol–water partition coefficient (Wildman–Crippen LogP) is 3.20. The number of carbonyl (C=O) groups is 1. The number of aromatic amines is 2. The van der Waals surface area contributed by atoms with E-state index < -0.39 is 12.6 Å². The fourth-order valence-electron chi connectivity index (χ4n) is 4.02. The van der Waals surface area contributed by atoms with Gasteiger partial charge in [-0.15, -0.1) is 0 Å². The molecule has 0 spiro atoms. The van der Waals surface area contributed by atoms with E-state index in [1.54, 1.807) is 18.5 Å². The van der Waals surface area contributed by atoms with Gasteiger partial charge >= 0.3 is 5.97 Å². The molecule has 0 amide bonds. The number of carboxylic acids is 1. The molecule has 37 heavy (non-hydrogen) atoms. The summed E-state index contributed by atoms with van der Waals surface area (Å²) >= 11 is 0. The fraction of sp³-hybridized carbons (Fsp3) is 0.296. The Morgan fingerprint density at radius 1 is 1.16 bits per heavy atom. The number of H-pyrrole nitrogens is 2. The van der Waals surface area contributed by atoms with Crippen molar-refractivity contribution in [3.63, 3.8) is 0 Å². The smallest absolute Gasteiger partial charge is 0.341 e. The molecule has 0 atom stereocenters. The minimum atomic E-state index is -1.06. The molecule has 0 aliphatic rings. The average Bonchev–Trinajstić information content (AvgIpc) is 3.31. The van der Waals surface area contributed by atoms with Crippen LogP contribution in [0.3, 0.4) is 0 Å². The molecule has 10 heteroatoms. The fourth-order valence-corrected chi connectivity index (χ4v) is 4.02. The highest BCUT2D eigenvalue weighted by Crippen LogP contribution is 2.33.